The average molecular weight is 362 g/mol. The van der Waals surface area contributed by atoms with E-state index in [0.29, 0.717) is 5.56 Å². The third-order valence-electron chi connectivity index (χ3n) is 2.58. The van der Waals surface area contributed by atoms with Crippen LogP contribution < -0.4 is 0 Å². The number of hydrogen-bond acceptors (Lipinski definition) is 1. The molecule has 0 bridgehead atoms. The Morgan fingerprint density at radius 1 is 1.35 bits per heavy atom. The van der Waals surface area contributed by atoms with Crippen LogP contribution in [-0.2, 0) is 13.5 Å². The van der Waals surface area contributed by atoms with Crippen molar-refractivity contribution in [3.63, 3.8) is 0 Å². The molecule has 5 heteroatoms. The molecule has 2 rings (SSSR count). The molecule has 17 heavy (non-hydrogen) atoms. The maximum absolute atomic E-state index is 13.9. The van der Waals surface area contributed by atoms with E-state index in [0.717, 1.165) is 26.8 Å². The molecule has 0 aliphatic carbocycles. The highest BCUT2D eigenvalue weighted by molar-refractivity contribution is 9.10. The SMILES string of the molecule is CCc1nn(C)c(-c2ccc(Br)cc2F)c1Br. The zero-order chi connectivity index (χ0) is 12.6. The minimum atomic E-state index is -0.259. The van der Waals surface area contributed by atoms with E-state index in [9.17, 15) is 4.39 Å². The predicted molar refractivity (Wildman–Crippen MR) is 73.4 cm³/mol. The molecule has 1 aromatic heterocycles. The third-order valence-corrected chi connectivity index (χ3v) is 3.90. The fraction of sp³-hybridized carbons (Fsp3) is 0.250. The van der Waals surface area contributed by atoms with Gasteiger partial charge in [0.25, 0.3) is 0 Å². The standard InChI is InChI=1S/C12H11Br2FN2/c1-3-10-11(14)12(17(2)16-10)8-5-4-7(13)6-9(8)15/h4-6H,3H2,1-2H3. The molecule has 0 aliphatic heterocycles. The van der Waals surface area contributed by atoms with Gasteiger partial charge in [-0.2, -0.15) is 5.10 Å². The monoisotopic (exact) mass is 360 g/mol. The van der Waals surface area contributed by atoms with Gasteiger partial charge in [-0.05, 0) is 40.5 Å². The van der Waals surface area contributed by atoms with E-state index in [1.165, 1.54) is 6.07 Å². The molecule has 0 fully saturated rings. The molecule has 90 valence electrons. The van der Waals surface area contributed by atoms with Crippen LogP contribution in [0.3, 0.4) is 0 Å². The van der Waals surface area contributed by atoms with Crippen LogP contribution in [0.4, 0.5) is 4.39 Å². The Morgan fingerprint density at radius 3 is 2.59 bits per heavy atom. The van der Waals surface area contributed by atoms with Crippen molar-refractivity contribution in [2.45, 2.75) is 13.3 Å². The highest BCUT2D eigenvalue weighted by atomic mass is 79.9. The maximum atomic E-state index is 13.9. The maximum Gasteiger partial charge on any atom is 0.133 e. The van der Waals surface area contributed by atoms with E-state index < -0.39 is 0 Å². The van der Waals surface area contributed by atoms with Crippen LogP contribution in [0.2, 0.25) is 0 Å². The molecule has 1 heterocycles. The number of aryl methyl sites for hydroxylation is 2. The van der Waals surface area contributed by atoms with Gasteiger partial charge in [-0.3, -0.25) is 4.68 Å². The lowest BCUT2D eigenvalue weighted by Gasteiger charge is -2.05. The van der Waals surface area contributed by atoms with Crippen molar-refractivity contribution in [3.8, 4) is 11.3 Å². The summed E-state index contributed by atoms with van der Waals surface area (Å²) < 4.78 is 17.2. The second-order valence-electron chi connectivity index (χ2n) is 3.71. The lowest BCUT2D eigenvalue weighted by Crippen LogP contribution is -1.96. The Labute approximate surface area is 116 Å². The highest BCUT2D eigenvalue weighted by Crippen LogP contribution is 2.33. The van der Waals surface area contributed by atoms with Crippen molar-refractivity contribution in [2.75, 3.05) is 0 Å². The van der Waals surface area contributed by atoms with Crippen LogP contribution in [-0.4, -0.2) is 9.78 Å². The van der Waals surface area contributed by atoms with Gasteiger partial charge in [-0.1, -0.05) is 22.9 Å². The van der Waals surface area contributed by atoms with Crippen LogP contribution in [0.25, 0.3) is 11.3 Å². The number of benzene rings is 1. The first-order valence-electron chi connectivity index (χ1n) is 5.21. The third kappa shape index (κ3) is 2.31. The molecule has 0 N–H and O–H groups in total. The number of hydrogen-bond donors (Lipinski definition) is 0. The number of halogens is 3. The van der Waals surface area contributed by atoms with Crippen LogP contribution >= 0.6 is 31.9 Å². The number of rotatable bonds is 2. The summed E-state index contributed by atoms with van der Waals surface area (Å²) in [6.45, 7) is 2.02. The Kier molecular flexibility index (Phi) is 3.68. The largest absolute Gasteiger partial charge is 0.266 e. The fourth-order valence-corrected chi connectivity index (χ4v) is 2.92. The summed E-state index contributed by atoms with van der Waals surface area (Å²) in [5, 5.41) is 4.36. The first-order valence-corrected chi connectivity index (χ1v) is 6.80. The van der Waals surface area contributed by atoms with E-state index in [1.54, 1.807) is 10.7 Å². The molecule has 0 saturated heterocycles. The molecular formula is C12H11Br2FN2. The molecule has 1 aromatic carbocycles. The lowest BCUT2D eigenvalue weighted by atomic mass is 10.1. The summed E-state index contributed by atoms with van der Waals surface area (Å²) in [7, 11) is 1.82. The molecule has 0 atom stereocenters. The van der Waals surface area contributed by atoms with E-state index in [2.05, 4.69) is 37.0 Å². The molecular weight excluding hydrogens is 351 g/mol. The average Bonchev–Trinajstić information content (AvgIpc) is 2.55. The first-order chi connectivity index (χ1) is 8.04. The van der Waals surface area contributed by atoms with Crippen molar-refractivity contribution in [1.29, 1.82) is 0 Å². The Bertz CT molecular complexity index is 564. The van der Waals surface area contributed by atoms with Crippen molar-refractivity contribution in [3.05, 3.63) is 38.7 Å². The van der Waals surface area contributed by atoms with Gasteiger partial charge in [-0.15, -0.1) is 0 Å². The smallest absolute Gasteiger partial charge is 0.133 e. The van der Waals surface area contributed by atoms with Gasteiger partial charge in [0.2, 0.25) is 0 Å². The quantitative estimate of drug-likeness (QED) is 0.779. The number of aromatic nitrogens is 2. The summed E-state index contributed by atoms with van der Waals surface area (Å²) in [5.74, 6) is -0.259. The number of nitrogens with zero attached hydrogens (tertiary/aromatic N) is 2. The van der Waals surface area contributed by atoms with Gasteiger partial charge in [0.05, 0.1) is 15.9 Å². The first kappa shape index (κ1) is 12.8. The molecule has 2 aromatic rings. The van der Waals surface area contributed by atoms with Gasteiger partial charge in [0, 0.05) is 17.1 Å². The topological polar surface area (TPSA) is 17.8 Å². The minimum absolute atomic E-state index is 0.259. The fourth-order valence-electron chi connectivity index (χ4n) is 1.75. The predicted octanol–water partition coefficient (Wildman–Crippen LogP) is 4.31. The van der Waals surface area contributed by atoms with Gasteiger partial charge < -0.3 is 0 Å². The van der Waals surface area contributed by atoms with Gasteiger partial charge in [0.1, 0.15) is 5.82 Å². The molecule has 0 unspecified atom stereocenters. The van der Waals surface area contributed by atoms with E-state index in [-0.39, 0.29) is 5.82 Å². The molecule has 0 saturated carbocycles. The van der Waals surface area contributed by atoms with E-state index >= 15 is 0 Å². The molecule has 0 spiro atoms. The summed E-state index contributed by atoms with van der Waals surface area (Å²) in [5.41, 5.74) is 2.26. The molecule has 0 amide bonds. The summed E-state index contributed by atoms with van der Waals surface area (Å²) in [6, 6.07) is 5.03. The zero-order valence-electron chi connectivity index (χ0n) is 9.47. The van der Waals surface area contributed by atoms with Crippen LogP contribution in [0.15, 0.2) is 27.1 Å². The lowest BCUT2D eigenvalue weighted by molar-refractivity contribution is 0.627. The van der Waals surface area contributed by atoms with Crippen molar-refractivity contribution >= 4 is 31.9 Å². The summed E-state index contributed by atoms with van der Waals surface area (Å²) in [4.78, 5) is 0. The van der Waals surface area contributed by atoms with E-state index in [4.69, 9.17) is 0 Å². The van der Waals surface area contributed by atoms with Crippen LogP contribution in [0, 0.1) is 5.82 Å². The second kappa shape index (κ2) is 4.90. The van der Waals surface area contributed by atoms with Gasteiger partial charge >= 0.3 is 0 Å². The molecule has 2 nitrogen and oxygen atoms in total. The normalized spacial score (nSPS) is 10.9. The van der Waals surface area contributed by atoms with Crippen LogP contribution in [0.1, 0.15) is 12.6 Å². The van der Waals surface area contributed by atoms with Crippen molar-refractivity contribution < 1.29 is 4.39 Å². The highest BCUT2D eigenvalue weighted by Gasteiger charge is 2.17. The zero-order valence-corrected chi connectivity index (χ0v) is 12.6. The molecule has 0 radical (unpaired) electrons. The Balaban J connectivity index is 2.64. The van der Waals surface area contributed by atoms with E-state index in [1.807, 2.05) is 20.0 Å². The van der Waals surface area contributed by atoms with Gasteiger partial charge in [0.15, 0.2) is 0 Å². The van der Waals surface area contributed by atoms with Crippen molar-refractivity contribution in [1.82, 2.24) is 9.78 Å². The van der Waals surface area contributed by atoms with Crippen LogP contribution in [0.5, 0.6) is 0 Å². The minimum Gasteiger partial charge on any atom is -0.266 e. The van der Waals surface area contributed by atoms with Gasteiger partial charge in [-0.25, -0.2) is 4.39 Å². The second-order valence-corrected chi connectivity index (χ2v) is 5.42. The Morgan fingerprint density at radius 2 is 2.06 bits per heavy atom. The molecule has 0 aliphatic rings. The summed E-state index contributed by atoms with van der Waals surface area (Å²) >= 11 is 6.74. The Hall–Kier alpha value is -0.680. The van der Waals surface area contributed by atoms with Crippen molar-refractivity contribution in [2.24, 2.45) is 7.05 Å². The summed E-state index contributed by atoms with van der Waals surface area (Å²) in [6.07, 6.45) is 0.812.